The second kappa shape index (κ2) is 9.96. The van der Waals surface area contributed by atoms with Crippen LogP contribution in [0.2, 0.25) is 0 Å². The molecule has 2 N–H and O–H groups in total. The van der Waals surface area contributed by atoms with Crippen LogP contribution in [0.4, 0.5) is 11.5 Å². The van der Waals surface area contributed by atoms with E-state index in [0.29, 0.717) is 17.2 Å². The van der Waals surface area contributed by atoms with E-state index in [0.717, 1.165) is 0 Å². The van der Waals surface area contributed by atoms with Crippen molar-refractivity contribution >= 4 is 27.4 Å². The van der Waals surface area contributed by atoms with E-state index in [1.807, 2.05) is 0 Å². The van der Waals surface area contributed by atoms with Crippen molar-refractivity contribution in [2.75, 3.05) is 24.3 Å². The fourth-order valence-corrected chi connectivity index (χ4v) is 3.58. The van der Waals surface area contributed by atoms with Crippen LogP contribution in [0.3, 0.4) is 0 Å². The molecule has 0 radical (unpaired) electrons. The van der Waals surface area contributed by atoms with Crippen molar-refractivity contribution in [2.24, 2.45) is 0 Å². The molecule has 168 valence electrons. The fraction of sp³-hybridized carbons (Fsp3) is 0.190. The SMILES string of the molecule is COc1ccc(OC(C)C(=O)Nc2ccc(S(=O)(=O)Nc3cc(OC)ncn3)cc2)cc1. The van der Waals surface area contributed by atoms with Crippen molar-refractivity contribution in [3.8, 4) is 17.4 Å². The Balaban J connectivity index is 1.62. The number of hydrogen-bond acceptors (Lipinski definition) is 8. The maximum Gasteiger partial charge on any atom is 0.265 e. The van der Waals surface area contributed by atoms with Gasteiger partial charge in [0.2, 0.25) is 5.88 Å². The number of methoxy groups -OCH3 is 2. The Hall–Kier alpha value is -3.86. The van der Waals surface area contributed by atoms with Gasteiger partial charge in [-0.1, -0.05) is 0 Å². The molecular weight excluding hydrogens is 436 g/mol. The lowest BCUT2D eigenvalue weighted by molar-refractivity contribution is -0.122. The molecule has 3 aromatic rings. The third-order valence-corrected chi connectivity index (χ3v) is 5.63. The maximum absolute atomic E-state index is 12.6. The minimum Gasteiger partial charge on any atom is -0.497 e. The van der Waals surface area contributed by atoms with Gasteiger partial charge in [0, 0.05) is 11.8 Å². The van der Waals surface area contributed by atoms with Gasteiger partial charge in [-0.15, -0.1) is 0 Å². The molecule has 0 aliphatic rings. The molecule has 0 fully saturated rings. The van der Waals surface area contributed by atoms with Gasteiger partial charge in [-0.05, 0) is 55.5 Å². The minimum atomic E-state index is -3.89. The summed E-state index contributed by atoms with van der Waals surface area (Å²) in [5.74, 6) is 1.10. The third kappa shape index (κ3) is 5.85. The summed E-state index contributed by atoms with van der Waals surface area (Å²) in [4.78, 5) is 20.1. The van der Waals surface area contributed by atoms with Crippen molar-refractivity contribution < 1.29 is 27.4 Å². The zero-order valence-corrected chi connectivity index (χ0v) is 18.4. The Morgan fingerprint density at radius 1 is 0.938 bits per heavy atom. The van der Waals surface area contributed by atoms with E-state index in [1.165, 1.54) is 43.8 Å². The van der Waals surface area contributed by atoms with Crippen LogP contribution in [0.15, 0.2) is 65.8 Å². The van der Waals surface area contributed by atoms with Gasteiger partial charge in [-0.25, -0.2) is 18.4 Å². The Bertz CT molecular complexity index is 1170. The summed E-state index contributed by atoms with van der Waals surface area (Å²) in [6.07, 6.45) is 0.408. The molecule has 3 rings (SSSR count). The summed E-state index contributed by atoms with van der Waals surface area (Å²) in [7, 11) is -0.915. The molecule has 0 bridgehead atoms. The van der Waals surface area contributed by atoms with Gasteiger partial charge >= 0.3 is 0 Å². The van der Waals surface area contributed by atoms with E-state index in [4.69, 9.17) is 14.2 Å². The molecule has 1 amide bonds. The van der Waals surface area contributed by atoms with Gasteiger partial charge < -0.3 is 19.5 Å². The summed E-state index contributed by atoms with van der Waals surface area (Å²) < 4.78 is 43.1. The van der Waals surface area contributed by atoms with Gasteiger partial charge in [-0.3, -0.25) is 9.52 Å². The van der Waals surface area contributed by atoms with Crippen LogP contribution in [-0.2, 0) is 14.8 Å². The van der Waals surface area contributed by atoms with Crippen LogP contribution in [-0.4, -0.2) is 44.6 Å². The van der Waals surface area contributed by atoms with Crippen molar-refractivity contribution in [3.63, 3.8) is 0 Å². The molecule has 32 heavy (non-hydrogen) atoms. The number of amides is 1. The average molecular weight is 458 g/mol. The van der Waals surface area contributed by atoms with Gasteiger partial charge in [0.1, 0.15) is 23.6 Å². The molecule has 1 heterocycles. The molecule has 1 aromatic heterocycles. The zero-order chi connectivity index (χ0) is 23.1. The molecular formula is C21H22N4O6S. The van der Waals surface area contributed by atoms with Gasteiger partial charge in [0.15, 0.2) is 6.10 Å². The predicted octanol–water partition coefficient (Wildman–Crippen LogP) is 2.70. The zero-order valence-electron chi connectivity index (χ0n) is 17.6. The number of aromatic nitrogens is 2. The maximum atomic E-state index is 12.6. The van der Waals surface area contributed by atoms with E-state index >= 15 is 0 Å². The molecule has 0 saturated carbocycles. The second-order valence-corrected chi connectivity index (χ2v) is 8.18. The van der Waals surface area contributed by atoms with Crippen molar-refractivity contribution in [3.05, 3.63) is 60.9 Å². The van der Waals surface area contributed by atoms with Crippen molar-refractivity contribution in [1.29, 1.82) is 0 Å². The monoisotopic (exact) mass is 458 g/mol. The molecule has 0 spiro atoms. The van der Waals surface area contributed by atoms with Gasteiger partial charge in [0.05, 0.1) is 19.1 Å². The predicted molar refractivity (Wildman–Crippen MR) is 118 cm³/mol. The van der Waals surface area contributed by atoms with E-state index in [-0.39, 0.29) is 22.5 Å². The van der Waals surface area contributed by atoms with E-state index < -0.39 is 16.1 Å². The quantitative estimate of drug-likeness (QED) is 0.501. The number of ether oxygens (including phenoxy) is 3. The summed E-state index contributed by atoms with van der Waals surface area (Å²) in [6.45, 7) is 1.61. The smallest absolute Gasteiger partial charge is 0.265 e. The van der Waals surface area contributed by atoms with Crippen LogP contribution in [0.5, 0.6) is 17.4 Å². The second-order valence-electron chi connectivity index (χ2n) is 6.50. The highest BCUT2D eigenvalue weighted by atomic mass is 32.2. The highest BCUT2D eigenvalue weighted by molar-refractivity contribution is 7.92. The summed E-state index contributed by atoms with van der Waals surface area (Å²) in [5.41, 5.74) is 0.419. The molecule has 11 heteroatoms. The molecule has 0 aliphatic heterocycles. The Kier molecular flexibility index (Phi) is 7.11. The van der Waals surface area contributed by atoms with Crippen molar-refractivity contribution in [2.45, 2.75) is 17.9 Å². The van der Waals surface area contributed by atoms with Crippen molar-refractivity contribution in [1.82, 2.24) is 9.97 Å². The van der Waals surface area contributed by atoms with Crippen LogP contribution in [0, 0.1) is 0 Å². The first-order chi connectivity index (χ1) is 15.3. The largest absolute Gasteiger partial charge is 0.497 e. The van der Waals surface area contributed by atoms with Crippen LogP contribution in [0.25, 0.3) is 0 Å². The summed E-state index contributed by atoms with van der Waals surface area (Å²) >= 11 is 0. The molecule has 10 nitrogen and oxygen atoms in total. The lowest BCUT2D eigenvalue weighted by Gasteiger charge is -2.15. The number of anilines is 2. The number of rotatable bonds is 9. The van der Waals surface area contributed by atoms with E-state index in [1.54, 1.807) is 38.3 Å². The summed E-state index contributed by atoms with van der Waals surface area (Å²) in [5, 5.41) is 2.69. The number of carbonyl (C=O) groups excluding carboxylic acids is 1. The Morgan fingerprint density at radius 3 is 2.22 bits per heavy atom. The van der Waals surface area contributed by atoms with Crippen LogP contribution >= 0.6 is 0 Å². The number of nitrogens with zero attached hydrogens (tertiary/aromatic N) is 2. The first kappa shape index (κ1) is 22.8. The van der Waals surface area contributed by atoms with Gasteiger partial charge in [-0.2, -0.15) is 0 Å². The highest BCUT2D eigenvalue weighted by Crippen LogP contribution is 2.20. The highest BCUT2D eigenvalue weighted by Gasteiger charge is 2.18. The molecule has 0 aliphatic carbocycles. The average Bonchev–Trinajstić information content (AvgIpc) is 2.79. The number of nitrogens with one attached hydrogen (secondary N) is 2. The molecule has 1 atom stereocenters. The standard InChI is InChI=1S/C21H22N4O6S/c1-14(31-17-8-6-16(29-2)7-9-17)21(26)24-15-4-10-18(11-5-15)32(27,28)25-19-12-20(30-3)23-13-22-19/h4-14H,1-3H3,(H,24,26)(H,22,23,25). The topological polar surface area (TPSA) is 129 Å². The lowest BCUT2D eigenvalue weighted by atomic mass is 10.3. The Labute approximate surface area is 185 Å². The summed E-state index contributed by atoms with van der Waals surface area (Å²) in [6, 6.07) is 13.9. The molecule has 2 aromatic carbocycles. The molecule has 1 unspecified atom stereocenters. The third-order valence-electron chi connectivity index (χ3n) is 4.26. The Morgan fingerprint density at radius 2 is 1.59 bits per heavy atom. The van der Waals surface area contributed by atoms with E-state index in [9.17, 15) is 13.2 Å². The number of carbonyl (C=O) groups is 1. The van der Waals surface area contributed by atoms with Crippen LogP contribution in [0.1, 0.15) is 6.92 Å². The number of benzene rings is 2. The normalized spacial score (nSPS) is 11.8. The van der Waals surface area contributed by atoms with Gasteiger partial charge in [0.25, 0.3) is 15.9 Å². The van der Waals surface area contributed by atoms with E-state index in [2.05, 4.69) is 20.0 Å². The van der Waals surface area contributed by atoms with Crippen LogP contribution < -0.4 is 24.2 Å². The first-order valence-electron chi connectivity index (χ1n) is 9.41. The molecule has 0 saturated heterocycles. The minimum absolute atomic E-state index is 0.00407. The first-order valence-corrected chi connectivity index (χ1v) is 10.9. The number of hydrogen-bond donors (Lipinski definition) is 2. The number of sulfonamides is 1. The fourth-order valence-electron chi connectivity index (χ4n) is 2.58. The lowest BCUT2D eigenvalue weighted by Crippen LogP contribution is -2.30.